The van der Waals surface area contributed by atoms with Crippen LogP contribution in [0.1, 0.15) is 0 Å². The van der Waals surface area contributed by atoms with Crippen LogP contribution in [0.5, 0.6) is 5.95 Å². The van der Waals surface area contributed by atoms with Crippen molar-refractivity contribution in [2.24, 2.45) is 0 Å². The molecule has 2 aromatic heterocycles. The third kappa shape index (κ3) is 2.97. The number of ether oxygens (including phenoxy) is 1. The summed E-state index contributed by atoms with van der Waals surface area (Å²) in [5.74, 6) is 0.144. The molecule has 3 heterocycles. The van der Waals surface area contributed by atoms with Crippen molar-refractivity contribution in [2.75, 3.05) is 31.2 Å². The topological polar surface area (TPSA) is 71.6 Å². The Balaban J connectivity index is 1.64. The standard InChI is InChI=1S/C22H19N3O3/c26-22-20(24-21(28-22)15-6-2-1-3-7-15)18-14-19(25-10-12-27-13-11-25)16-8-4-5-9-17(16)23-18/h1-9,14,26H,10-13H2. The quantitative estimate of drug-likeness (QED) is 0.583. The van der Waals surface area contributed by atoms with Crippen LogP contribution in [0.4, 0.5) is 5.69 Å². The Morgan fingerprint density at radius 2 is 1.64 bits per heavy atom. The van der Waals surface area contributed by atoms with Crippen LogP contribution < -0.4 is 4.90 Å². The molecule has 1 aliphatic heterocycles. The fraction of sp³-hybridized carbons (Fsp3) is 0.182. The number of morpholine rings is 1. The average Bonchev–Trinajstić information content (AvgIpc) is 3.16. The van der Waals surface area contributed by atoms with Gasteiger partial charge in [-0.05, 0) is 24.3 Å². The highest BCUT2D eigenvalue weighted by Gasteiger charge is 2.21. The van der Waals surface area contributed by atoms with Crippen molar-refractivity contribution in [1.29, 1.82) is 0 Å². The number of para-hydroxylation sites is 1. The normalized spacial score (nSPS) is 14.5. The summed E-state index contributed by atoms with van der Waals surface area (Å²) in [6, 6.07) is 19.5. The summed E-state index contributed by atoms with van der Waals surface area (Å²) in [5.41, 5.74) is 3.65. The van der Waals surface area contributed by atoms with E-state index in [9.17, 15) is 5.11 Å². The molecule has 5 rings (SSSR count). The van der Waals surface area contributed by atoms with Gasteiger partial charge in [0.2, 0.25) is 5.89 Å². The zero-order chi connectivity index (χ0) is 18.9. The van der Waals surface area contributed by atoms with Gasteiger partial charge in [0.05, 0.1) is 24.4 Å². The highest BCUT2D eigenvalue weighted by molar-refractivity contribution is 5.94. The number of hydrogen-bond donors (Lipinski definition) is 1. The van der Waals surface area contributed by atoms with Crippen LogP contribution in [0, 0.1) is 0 Å². The third-order valence-electron chi connectivity index (χ3n) is 4.92. The lowest BCUT2D eigenvalue weighted by Crippen LogP contribution is -2.36. The number of benzene rings is 2. The smallest absolute Gasteiger partial charge is 0.313 e. The van der Waals surface area contributed by atoms with Crippen molar-refractivity contribution in [3.63, 3.8) is 0 Å². The van der Waals surface area contributed by atoms with Crippen molar-refractivity contribution >= 4 is 16.6 Å². The van der Waals surface area contributed by atoms with Crippen LogP contribution in [-0.4, -0.2) is 41.4 Å². The van der Waals surface area contributed by atoms with Crippen molar-refractivity contribution in [3.8, 4) is 28.8 Å². The lowest BCUT2D eigenvalue weighted by Gasteiger charge is -2.30. The first-order valence-corrected chi connectivity index (χ1v) is 9.28. The van der Waals surface area contributed by atoms with Crippen LogP contribution in [0.2, 0.25) is 0 Å². The monoisotopic (exact) mass is 373 g/mol. The number of pyridine rings is 1. The minimum absolute atomic E-state index is 0.227. The molecule has 6 heteroatoms. The first kappa shape index (κ1) is 16.8. The van der Waals surface area contributed by atoms with Crippen LogP contribution in [0.25, 0.3) is 33.7 Å². The molecule has 140 valence electrons. The fourth-order valence-electron chi connectivity index (χ4n) is 3.53. The van der Waals surface area contributed by atoms with Crippen LogP contribution >= 0.6 is 0 Å². The summed E-state index contributed by atoms with van der Waals surface area (Å²) in [5, 5.41) is 11.5. The van der Waals surface area contributed by atoms with E-state index in [-0.39, 0.29) is 5.95 Å². The van der Waals surface area contributed by atoms with E-state index < -0.39 is 0 Å². The van der Waals surface area contributed by atoms with Gasteiger partial charge >= 0.3 is 5.95 Å². The van der Waals surface area contributed by atoms with Gasteiger partial charge in [-0.1, -0.05) is 36.4 Å². The van der Waals surface area contributed by atoms with Crippen LogP contribution in [-0.2, 0) is 4.74 Å². The number of rotatable bonds is 3. The van der Waals surface area contributed by atoms with E-state index in [0.717, 1.165) is 35.2 Å². The molecule has 4 aromatic rings. The maximum absolute atomic E-state index is 10.4. The van der Waals surface area contributed by atoms with Crippen molar-refractivity contribution < 1.29 is 14.3 Å². The first-order valence-electron chi connectivity index (χ1n) is 9.28. The zero-order valence-electron chi connectivity index (χ0n) is 15.2. The summed E-state index contributed by atoms with van der Waals surface area (Å²) in [4.78, 5) is 11.5. The van der Waals surface area contributed by atoms with E-state index in [2.05, 4.69) is 16.0 Å². The molecular formula is C22H19N3O3. The average molecular weight is 373 g/mol. The van der Waals surface area contributed by atoms with Gasteiger partial charge in [-0.2, -0.15) is 0 Å². The largest absolute Gasteiger partial charge is 0.479 e. The van der Waals surface area contributed by atoms with E-state index >= 15 is 0 Å². The minimum atomic E-state index is -0.227. The summed E-state index contributed by atoms with van der Waals surface area (Å²) in [7, 11) is 0. The Hall–Kier alpha value is -3.38. The van der Waals surface area contributed by atoms with Gasteiger partial charge in [0.1, 0.15) is 0 Å². The molecule has 1 saturated heterocycles. The molecule has 0 saturated carbocycles. The third-order valence-corrected chi connectivity index (χ3v) is 4.92. The molecule has 0 atom stereocenters. The van der Waals surface area contributed by atoms with Crippen LogP contribution in [0.15, 0.2) is 65.1 Å². The van der Waals surface area contributed by atoms with Gasteiger partial charge in [-0.25, -0.2) is 9.97 Å². The van der Waals surface area contributed by atoms with Crippen molar-refractivity contribution in [2.45, 2.75) is 0 Å². The minimum Gasteiger partial charge on any atom is -0.479 e. The number of oxazole rings is 1. The lowest BCUT2D eigenvalue weighted by atomic mass is 10.1. The Bertz CT molecular complexity index is 1120. The number of fused-ring (bicyclic) bond motifs is 1. The van der Waals surface area contributed by atoms with Gasteiger partial charge in [0.15, 0.2) is 5.69 Å². The van der Waals surface area contributed by atoms with E-state index in [0.29, 0.717) is 30.5 Å². The number of hydrogen-bond acceptors (Lipinski definition) is 6. The van der Waals surface area contributed by atoms with Gasteiger partial charge < -0.3 is 19.2 Å². The van der Waals surface area contributed by atoms with E-state index in [4.69, 9.17) is 14.1 Å². The number of nitrogens with zero attached hydrogens (tertiary/aromatic N) is 3. The van der Waals surface area contributed by atoms with Gasteiger partial charge in [0.25, 0.3) is 0 Å². The van der Waals surface area contributed by atoms with E-state index in [1.165, 1.54) is 0 Å². The summed E-state index contributed by atoms with van der Waals surface area (Å²) in [6.45, 7) is 3.01. The second-order valence-corrected chi connectivity index (χ2v) is 6.68. The maximum Gasteiger partial charge on any atom is 0.313 e. The Kier molecular flexibility index (Phi) is 4.18. The molecule has 6 nitrogen and oxygen atoms in total. The lowest BCUT2D eigenvalue weighted by molar-refractivity contribution is 0.123. The highest BCUT2D eigenvalue weighted by Crippen LogP contribution is 2.36. The van der Waals surface area contributed by atoms with E-state index in [1.807, 2.05) is 54.6 Å². The number of aromatic hydroxyl groups is 1. The predicted octanol–water partition coefficient (Wildman–Crippen LogP) is 4.10. The molecule has 0 radical (unpaired) electrons. The predicted molar refractivity (Wildman–Crippen MR) is 107 cm³/mol. The fourth-order valence-corrected chi connectivity index (χ4v) is 3.53. The Morgan fingerprint density at radius 3 is 2.46 bits per heavy atom. The number of aromatic nitrogens is 2. The molecule has 28 heavy (non-hydrogen) atoms. The Morgan fingerprint density at radius 1 is 0.893 bits per heavy atom. The molecule has 0 bridgehead atoms. The Labute approximate surface area is 162 Å². The summed E-state index contributed by atoms with van der Waals surface area (Å²) >= 11 is 0. The first-order chi connectivity index (χ1) is 13.8. The maximum atomic E-state index is 10.4. The molecule has 0 amide bonds. The molecular weight excluding hydrogens is 354 g/mol. The van der Waals surface area contributed by atoms with Gasteiger partial charge in [0, 0.05) is 29.7 Å². The molecule has 0 unspecified atom stereocenters. The van der Waals surface area contributed by atoms with Gasteiger partial charge in [-0.3, -0.25) is 0 Å². The number of anilines is 1. The molecule has 0 spiro atoms. The summed E-state index contributed by atoms with van der Waals surface area (Å²) < 4.78 is 11.0. The summed E-state index contributed by atoms with van der Waals surface area (Å²) in [6.07, 6.45) is 0. The molecule has 0 aliphatic carbocycles. The second-order valence-electron chi connectivity index (χ2n) is 6.68. The molecule has 2 aromatic carbocycles. The SMILES string of the molecule is Oc1oc(-c2ccccc2)nc1-c1cc(N2CCOCC2)c2ccccc2n1. The van der Waals surface area contributed by atoms with Crippen molar-refractivity contribution in [1.82, 2.24) is 9.97 Å². The second kappa shape index (κ2) is 6.98. The molecule has 1 N–H and O–H groups in total. The van der Waals surface area contributed by atoms with Crippen LogP contribution in [0.3, 0.4) is 0 Å². The molecule has 1 fully saturated rings. The highest BCUT2D eigenvalue weighted by atomic mass is 16.5. The zero-order valence-corrected chi connectivity index (χ0v) is 15.2. The van der Waals surface area contributed by atoms with Gasteiger partial charge in [-0.15, -0.1) is 0 Å². The van der Waals surface area contributed by atoms with Crippen molar-refractivity contribution in [3.05, 3.63) is 60.7 Å². The molecule has 1 aliphatic rings. The van der Waals surface area contributed by atoms with E-state index in [1.54, 1.807) is 0 Å².